The molecule has 1 aromatic carbocycles. The molecule has 0 radical (unpaired) electrons. The van der Waals surface area contributed by atoms with Gasteiger partial charge in [0.1, 0.15) is 5.69 Å². The zero-order chi connectivity index (χ0) is 14.1. The van der Waals surface area contributed by atoms with Crippen LogP contribution >= 0.6 is 0 Å². The van der Waals surface area contributed by atoms with E-state index in [-0.39, 0.29) is 6.04 Å². The fourth-order valence-electron chi connectivity index (χ4n) is 2.10. The summed E-state index contributed by atoms with van der Waals surface area (Å²) in [5, 5.41) is 8.19. The first kappa shape index (κ1) is 12.6. The fourth-order valence-corrected chi connectivity index (χ4v) is 2.10. The summed E-state index contributed by atoms with van der Waals surface area (Å²) in [4.78, 5) is 8.90. The molecule has 5 nitrogen and oxygen atoms in total. The monoisotopic (exact) mass is 268 g/mol. The number of hydrogen-bond donors (Lipinski definition) is 1. The van der Waals surface area contributed by atoms with Crippen molar-refractivity contribution < 1.29 is 4.52 Å². The maximum atomic E-state index is 5.17. The lowest BCUT2D eigenvalue weighted by molar-refractivity contribution is 0.429. The van der Waals surface area contributed by atoms with E-state index in [2.05, 4.69) is 33.4 Å². The Labute approximate surface area is 117 Å². The Balaban J connectivity index is 2.03. The molecule has 0 aliphatic rings. The van der Waals surface area contributed by atoms with Crippen LogP contribution in [-0.4, -0.2) is 21.2 Å². The van der Waals surface area contributed by atoms with E-state index in [0.717, 1.165) is 22.2 Å². The van der Waals surface area contributed by atoms with Crippen LogP contribution in [0.4, 0.5) is 6.01 Å². The highest BCUT2D eigenvalue weighted by atomic mass is 16.5. The summed E-state index contributed by atoms with van der Waals surface area (Å²) in [5.41, 5.74) is 2.81. The molecule has 102 valence electrons. The topological polar surface area (TPSA) is 63.8 Å². The molecule has 20 heavy (non-hydrogen) atoms. The standard InChI is InChI=1S/C15H16N4O/c1-9(2)16-15-18-14(19-20-15)13-8-10(3)11-6-4-5-7-12(11)17-13/h4-9H,1-3H3,(H,16,18,19). The van der Waals surface area contributed by atoms with Crippen molar-refractivity contribution in [1.29, 1.82) is 0 Å². The highest BCUT2D eigenvalue weighted by Crippen LogP contribution is 2.23. The summed E-state index contributed by atoms with van der Waals surface area (Å²) in [6.07, 6.45) is 0. The second-order valence-corrected chi connectivity index (χ2v) is 5.06. The first-order valence-electron chi connectivity index (χ1n) is 6.60. The number of aryl methyl sites for hydroxylation is 1. The minimum absolute atomic E-state index is 0.245. The lowest BCUT2D eigenvalue weighted by atomic mass is 10.1. The number of pyridine rings is 1. The number of rotatable bonds is 3. The van der Waals surface area contributed by atoms with Crippen LogP contribution in [0.1, 0.15) is 19.4 Å². The van der Waals surface area contributed by atoms with Crippen molar-refractivity contribution in [3.8, 4) is 11.5 Å². The van der Waals surface area contributed by atoms with E-state index in [1.54, 1.807) is 0 Å². The molecular weight excluding hydrogens is 252 g/mol. The molecule has 2 aromatic heterocycles. The minimum Gasteiger partial charge on any atom is -0.336 e. The lowest BCUT2D eigenvalue weighted by Gasteiger charge is -2.03. The maximum absolute atomic E-state index is 5.17. The average molecular weight is 268 g/mol. The minimum atomic E-state index is 0.245. The van der Waals surface area contributed by atoms with Gasteiger partial charge in [0.25, 0.3) is 0 Å². The van der Waals surface area contributed by atoms with E-state index in [9.17, 15) is 0 Å². The molecule has 0 saturated heterocycles. The third-order valence-electron chi connectivity index (χ3n) is 2.99. The van der Waals surface area contributed by atoms with E-state index in [0.29, 0.717) is 11.8 Å². The predicted molar refractivity (Wildman–Crippen MR) is 78.5 cm³/mol. The van der Waals surface area contributed by atoms with Crippen LogP contribution in [-0.2, 0) is 0 Å². The summed E-state index contributed by atoms with van der Waals surface area (Å²) in [6.45, 7) is 6.09. The molecule has 0 aliphatic heterocycles. The molecule has 0 atom stereocenters. The molecule has 5 heteroatoms. The van der Waals surface area contributed by atoms with Gasteiger partial charge in [-0.05, 0) is 38.5 Å². The molecule has 0 fully saturated rings. The summed E-state index contributed by atoms with van der Waals surface area (Å²) < 4.78 is 5.17. The first-order valence-corrected chi connectivity index (χ1v) is 6.60. The summed E-state index contributed by atoms with van der Waals surface area (Å²) in [7, 11) is 0. The van der Waals surface area contributed by atoms with Crippen LogP contribution in [0.5, 0.6) is 0 Å². The lowest BCUT2D eigenvalue weighted by Crippen LogP contribution is -2.09. The number of benzene rings is 1. The molecular formula is C15H16N4O. The van der Waals surface area contributed by atoms with E-state index in [1.807, 2.05) is 38.1 Å². The van der Waals surface area contributed by atoms with Gasteiger partial charge in [0.15, 0.2) is 0 Å². The zero-order valence-corrected chi connectivity index (χ0v) is 11.7. The number of aromatic nitrogens is 3. The first-order chi connectivity index (χ1) is 9.63. The Hall–Kier alpha value is -2.43. The molecule has 0 aliphatic carbocycles. The van der Waals surface area contributed by atoms with Gasteiger partial charge in [-0.25, -0.2) is 4.98 Å². The second-order valence-electron chi connectivity index (χ2n) is 5.06. The molecule has 3 aromatic rings. The second kappa shape index (κ2) is 4.92. The van der Waals surface area contributed by atoms with Gasteiger partial charge in [0, 0.05) is 11.4 Å². The van der Waals surface area contributed by atoms with Crippen molar-refractivity contribution in [3.05, 3.63) is 35.9 Å². The number of nitrogens with one attached hydrogen (secondary N) is 1. The van der Waals surface area contributed by atoms with Gasteiger partial charge in [0.05, 0.1) is 5.52 Å². The van der Waals surface area contributed by atoms with Crippen LogP contribution in [0.3, 0.4) is 0 Å². The quantitative estimate of drug-likeness (QED) is 0.788. The number of anilines is 1. The van der Waals surface area contributed by atoms with Crippen molar-refractivity contribution in [3.63, 3.8) is 0 Å². The fraction of sp³-hybridized carbons (Fsp3) is 0.267. The van der Waals surface area contributed by atoms with Crippen molar-refractivity contribution in [2.75, 3.05) is 5.32 Å². The number of nitrogens with zero attached hydrogens (tertiary/aromatic N) is 3. The Morgan fingerprint density at radius 3 is 2.75 bits per heavy atom. The van der Waals surface area contributed by atoms with Crippen LogP contribution in [0.15, 0.2) is 34.9 Å². The number of hydrogen-bond acceptors (Lipinski definition) is 5. The van der Waals surface area contributed by atoms with Gasteiger partial charge in [-0.1, -0.05) is 23.4 Å². The van der Waals surface area contributed by atoms with E-state index in [1.165, 1.54) is 0 Å². The van der Waals surface area contributed by atoms with Crippen molar-refractivity contribution in [2.45, 2.75) is 26.8 Å². The Morgan fingerprint density at radius 1 is 1.15 bits per heavy atom. The van der Waals surface area contributed by atoms with Crippen molar-refractivity contribution >= 4 is 16.9 Å². The average Bonchev–Trinajstić information content (AvgIpc) is 2.86. The summed E-state index contributed by atoms with van der Waals surface area (Å²) in [6, 6.07) is 10.7. The van der Waals surface area contributed by atoms with E-state index < -0.39 is 0 Å². The SMILES string of the molecule is Cc1cc(-c2noc(NC(C)C)n2)nc2ccccc12. The van der Waals surface area contributed by atoms with Crippen LogP contribution in [0.2, 0.25) is 0 Å². The van der Waals surface area contributed by atoms with Gasteiger partial charge in [-0.2, -0.15) is 4.98 Å². The largest absolute Gasteiger partial charge is 0.336 e. The molecule has 0 spiro atoms. The van der Waals surface area contributed by atoms with Gasteiger partial charge in [-0.3, -0.25) is 0 Å². The van der Waals surface area contributed by atoms with Crippen molar-refractivity contribution in [2.24, 2.45) is 0 Å². The zero-order valence-electron chi connectivity index (χ0n) is 11.7. The van der Waals surface area contributed by atoms with Gasteiger partial charge < -0.3 is 9.84 Å². The van der Waals surface area contributed by atoms with Gasteiger partial charge >= 0.3 is 6.01 Å². The third-order valence-corrected chi connectivity index (χ3v) is 2.99. The van der Waals surface area contributed by atoms with Crippen LogP contribution in [0.25, 0.3) is 22.4 Å². The van der Waals surface area contributed by atoms with E-state index >= 15 is 0 Å². The number of para-hydroxylation sites is 1. The maximum Gasteiger partial charge on any atom is 0.322 e. The molecule has 0 saturated carbocycles. The van der Waals surface area contributed by atoms with Crippen LogP contribution in [0, 0.1) is 6.92 Å². The summed E-state index contributed by atoms with van der Waals surface area (Å²) >= 11 is 0. The third kappa shape index (κ3) is 2.34. The molecule has 0 unspecified atom stereocenters. The molecule has 0 amide bonds. The predicted octanol–water partition coefficient (Wildman–Crippen LogP) is 3.41. The normalized spacial score (nSPS) is 11.2. The number of fused-ring (bicyclic) bond motifs is 1. The van der Waals surface area contributed by atoms with E-state index in [4.69, 9.17) is 4.52 Å². The molecule has 1 N–H and O–H groups in total. The van der Waals surface area contributed by atoms with Crippen molar-refractivity contribution in [1.82, 2.24) is 15.1 Å². The van der Waals surface area contributed by atoms with Gasteiger partial charge in [-0.15, -0.1) is 0 Å². The molecule has 2 heterocycles. The van der Waals surface area contributed by atoms with Gasteiger partial charge in [0.2, 0.25) is 5.82 Å². The summed E-state index contributed by atoms with van der Waals surface area (Å²) in [5.74, 6) is 0.502. The van der Waals surface area contributed by atoms with Crippen LogP contribution < -0.4 is 5.32 Å². The smallest absolute Gasteiger partial charge is 0.322 e. The molecule has 0 bridgehead atoms. The Bertz CT molecular complexity index is 748. The Morgan fingerprint density at radius 2 is 1.95 bits per heavy atom. The highest BCUT2D eigenvalue weighted by Gasteiger charge is 2.12. The highest BCUT2D eigenvalue weighted by molar-refractivity contribution is 5.84. The Kier molecular flexibility index (Phi) is 3.10. The molecule has 3 rings (SSSR count).